The van der Waals surface area contributed by atoms with Crippen LogP contribution < -0.4 is 5.73 Å². The topological polar surface area (TPSA) is 38.5 Å². The summed E-state index contributed by atoms with van der Waals surface area (Å²) in [7, 11) is 0. The van der Waals surface area contributed by atoms with E-state index in [4.69, 9.17) is 10.5 Å². The summed E-state index contributed by atoms with van der Waals surface area (Å²) in [6.45, 7) is 7.74. The van der Waals surface area contributed by atoms with Gasteiger partial charge in [-0.2, -0.15) is 0 Å². The third kappa shape index (κ3) is 3.31. The van der Waals surface area contributed by atoms with Gasteiger partial charge in [0, 0.05) is 19.5 Å². The van der Waals surface area contributed by atoms with E-state index in [0.717, 1.165) is 39.1 Å². The molecule has 1 heterocycles. The van der Waals surface area contributed by atoms with Crippen molar-refractivity contribution in [2.24, 2.45) is 5.73 Å². The van der Waals surface area contributed by atoms with E-state index in [1.165, 1.54) is 11.1 Å². The monoisotopic (exact) mass is 248 g/mol. The SMILES string of the molecule is CCc1ccc(CC(C)(N)N2CCOCC2)cc1. The third-order valence-corrected chi connectivity index (χ3v) is 3.73. The Morgan fingerprint density at radius 1 is 1.17 bits per heavy atom. The molecule has 3 heteroatoms. The Morgan fingerprint density at radius 3 is 2.28 bits per heavy atom. The number of nitrogens with two attached hydrogens (primary N) is 1. The lowest BCUT2D eigenvalue weighted by molar-refractivity contribution is -0.0142. The maximum absolute atomic E-state index is 6.46. The summed E-state index contributed by atoms with van der Waals surface area (Å²) < 4.78 is 5.38. The van der Waals surface area contributed by atoms with Gasteiger partial charge < -0.3 is 10.5 Å². The van der Waals surface area contributed by atoms with Crippen LogP contribution in [0.25, 0.3) is 0 Å². The number of aryl methyl sites for hydroxylation is 1. The van der Waals surface area contributed by atoms with Crippen molar-refractivity contribution in [2.75, 3.05) is 26.3 Å². The Bertz CT molecular complexity index is 367. The summed E-state index contributed by atoms with van der Waals surface area (Å²) in [6.07, 6.45) is 1.97. The Kier molecular flexibility index (Phi) is 4.38. The van der Waals surface area contributed by atoms with Gasteiger partial charge in [0.2, 0.25) is 0 Å². The van der Waals surface area contributed by atoms with E-state index >= 15 is 0 Å². The molecule has 0 spiro atoms. The van der Waals surface area contributed by atoms with Gasteiger partial charge in [-0.25, -0.2) is 0 Å². The van der Waals surface area contributed by atoms with Crippen LogP contribution in [0.4, 0.5) is 0 Å². The van der Waals surface area contributed by atoms with Crippen LogP contribution in [0.1, 0.15) is 25.0 Å². The number of hydrogen-bond donors (Lipinski definition) is 1. The van der Waals surface area contributed by atoms with Crippen LogP contribution in [0.5, 0.6) is 0 Å². The molecule has 0 aliphatic carbocycles. The molecule has 1 aromatic rings. The average molecular weight is 248 g/mol. The van der Waals surface area contributed by atoms with Crippen LogP contribution >= 0.6 is 0 Å². The molecule has 2 rings (SSSR count). The van der Waals surface area contributed by atoms with Crippen molar-refractivity contribution in [3.63, 3.8) is 0 Å². The molecule has 1 aromatic carbocycles. The predicted octanol–water partition coefficient (Wildman–Crippen LogP) is 1.80. The second kappa shape index (κ2) is 5.83. The zero-order chi connectivity index (χ0) is 13.0. The molecule has 0 radical (unpaired) electrons. The Morgan fingerprint density at radius 2 is 1.72 bits per heavy atom. The predicted molar refractivity (Wildman–Crippen MR) is 74.5 cm³/mol. The van der Waals surface area contributed by atoms with Gasteiger partial charge in [0.05, 0.1) is 18.9 Å². The minimum atomic E-state index is -0.280. The molecule has 2 N–H and O–H groups in total. The summed E-state index contributed by atoms with van der Waals surface area (Å²) in [5.74, 6) is 0. The first kappa shape index (κ1) is 13.5. The summed E-state index contributed by atoms with van der Waals surface area (Å²) in [5.41, 5.74) is 8.87. The fourth-order valence-electron chi connectivity index (χ4n) is 2.49. The van der Waals surface area contributed by atoms with Gasteiger partial charge in [-0.05, 0) is 24.5 Å². The molecule has 3 nitrogen and oxygen atoms in total. The molecule has 1 aliphatic rings. The van der Waals surface area contributed by atoms with Crippen LogP contribution in [0.2, 0.25) is 0 Å². The first-order valence-corrected chi connectivity index (χ1v) is 6.81. The van der Waals surface area contributed by atoms with Crippen molar-refractivity contribution in [1.82, 2.24) is 4.90 Å². The first-order valence-electron chi connectivity index (χ1n) is 6.81. The maximum Gasteiger partial charge on any atom is 0.0701 e. The van der Waals surface area contributed by atoms with E-state index in [-0.39, 0.29) is 5.66 Å². The van der Waals surface area contributed by atoms with Crippen molar-refractivity contribution in [3.8, 4) is 0 Å². The average Bonchev–Trinajstić information content (AvgIpc) is 2.40. The third-order valence-electron chi connectivity index (χ3n) is 3.73. The quantitative estimate of drug-likeness (QED) is 0.883. The van der Waals surface area contributed by atoms with E-state index in [0.29, 0.717) is 0 Å². The van der Waals surface area contributed by atoms with E-state index in [1.807, 2.05) is 0 Å². The molecule has 1 atom stereocenters. The van der Waals surface area contributed by atoms with Crippen molar-refractivity contribution >= 4 is 0 Å². The highest BCUT2D eigenvalue weighted by atomic mass is 16.5. The lowest BCUT2D eigenvalue weighted by atomic mass is 9.98. The molecular weight excluding hydrogens is 224 g/mol. The molecule has 0 bridgehead atoms. The lowest BCUT2D eigenvalue weighted by Crippen LogP contribution is -2.58. The number of ether oxygens (including phenoxy) is 1. The van der Waals surface area contributed by atoms with E-state index in [1.54, 1.807) is 0 Å². The number of morpholine rings is 1. The summed E-state index contributed by atoms with van der Waals surface area (Å²) in [6, 6.07) is 8.80. The molecular formula is C15H24N2O. The minimum absolute atomic E-state index is 0.280. The second-order valence-corrected chi connectivity index (χ2v) is 5.30. The van der Waals surface area contributed by atoms with Gasteiger partial charge in [0.1, 0.15) is 0 Å². The van der Waals surface area contributed by atoms with Gasteiger partial charge in [-0.1, -0.05) is 31.2 Å². The van der Waals surface area contributed by atoms with Crippen molar-refractivity contribution < 1.29 is 4.74 Å². The Balaban J connectivity index is 2.01. The van der Waals surface area contributed by atoms with Gasteiger partial charge in [-0.15, -0.1) is 0 Å². The fourth-order valence-corrected chi connectivity index (χ4v) is 2.49. The molecule has 1 saturated heterocycles. The normalized spacial score (nSPS) is 20.6. The molecule has 0 amide bonds. The van der Waals surface area contributed by atoms with Crippen molar-refractivity contribution in [2.45, 2.75) is 32.4 Å². The number of nitrogens with zero attached hydrogens (tertiary/aromatic N) is 1. The second-order valence-electron chi connectivity index (χ2n) is 5.30. The summed E-state index contributed by atoms with van der Waals surface area (Å²) >= 11 is 0. The molecule has 0 saturated carbocycles. The van der Waals surface area contributed by atoms with E-state index < -0.39 is 0 Å². The zero-order valence-electron chi connectivity index (χ0n) is 11.5. The minimum Gasteiger partial charge on any atom is -0.379 e. The van der Waals surface area contributed by atoms with Crippen LogP contribution in [0, 0.1) is 0 Å². The maximum atomic E-state index is 6.46. The van der Waals surface area contributed by atoms with Gasteiger partial charge in [-0.3, -0.25) is 4.90 Å². The van der Waals surface area contributed by atoms with Crippen LogP contribution in [-0.4, -0.2) is 36.9 Å². The van der Waals surface area contributed by atoms with Gasteiger partial charge in [0.15, 0.2) is 0 Å². The summed E-state index contributed by atoms with van der Waals surface area (Å²) in [4.78, 5) is 2.32. The molecule has 100 valence electrons. The Labute approximate surface area is 110 Å². The highest BCUT2D eigenvalue weighted by Gasteiger charge is 2.28. The first-order chi connectivity index (χ1) is 8.62. The Hall–Kier alpha value is -0.900. The van der Waals surface area contributed by atoms with Crippen molar-refractivity contribution in [1.29, 1.82) is 0 Å². The largest absolute Gasteiger partial charge is 0.379 e. The van der Waals surface area contributed by atoms with Crippen LogP contribution in [-0.2, 0) is 17.6 Å². The number of benzene rings is 1. The molecule has 18 heavy (non-hydrogen) atoms. The zero-order valence-corrected chi connectivity index (χ0v) is 11.5. The smallest absolute Gasteiger partial charge is 0.0701 e. The van der Waals surface area contributed by atoms with Gasteiger partial charge in [0.25, 0.3) is 0 Å². The van der Waals surface area contributed by atoms with Gasteiger partial charge >= 0.3 is 0 Å². The highest BCUT2D eigenvalue weighted by Crippen LogP contribution is 2.17. The molecule has 0 aromatic heterocycles. The van der Waals surface area contributed by atoms with Crippen LogP contribution in [0.3, 0.4) is 0 Å². The molecule has 1 aliphatic heterocycles. The van der Waals surface area contributed by atoms with E-state index in [2.05, 4.69) is 43.0 Å². The lowest BCUT2D eigenvalue weighted by Gasteiger charge is -2.40. The van der Waals surface area contributed by atoms with Crippen LogP contribution in [0.15, 0.2) is 24.3 Å². The number of rotatable bonds is 4. The fraction of sp³-hybridized carbons (Fsp3) is 0.600. The highest BCUT2D eigenvalue weighted by molar-refractivity contribution is 5.23. The molecule has 1 fully saturated rings. The molecule has 1 unspecified atom stereocenters. The summed E-state index contributed by atoms with van der Waals surface area (Å²) in [5, 5.41) is 0. The van der Waals surface area contributed by atoms with E-state index in [9.17, 15) is 0 Å². The number of hydrogen-bond acceptors (Lipinski definition) is 3. The van der Waals surface area contributed by atoms with Crippen molar-refractivity contribution in [3.05, 3.63) is 35.4 Å². The standard InChI is InChI=1S/C15H24N2O/c1-3-13-4-6-14(7-5-13)12-15(2,16)17-8-10-18-11-9-17/h4-7H,3,8-12,16H2,1-2H3.